The van der Waals surface area contributed by atoms with Gasteiger partial charge in [-0.3, -0.25) is 9.36 Å². The van der Waals surface area contributed by atoms with Crippen molar-refractivity contribution in [2.45, 2.75) is 18.4 Å². The molecule has 1 aliphatic carbocycles. The highest BCUT2D eigenvalue weighted by Crippen LogP contribution is 2.33. The molecule has 0 spiro atoms. The third-order valence-electron chi connectivity index (χ3n) is 3.06. The third kappa shape index (κ3) is 1.98. The molecule has 0 bridgehead atoms. The van der Waals surface area contributed by atoms with Gasteiger partial charge in [0.05, 0.1) is 11.2 Å². The van der Waals surface area contributed by atoms with Crippen molar-refractivity contribution in [2.24, 2.45) is 5.73 Å². The van der Waals surface area contributed by atoms with E-state index in [1.165, 1.54) is 0 Å². The number of nitrogens with one attached hydrogen (secondary N) is 1. The van der Waals surface area contributed by atoms with Gasteiger partial charge < -0.3 is 11.1 Å². The standard InChI is InChI=1S/C12H13N5O/c13-12(4-5-12)11(18)16-9-2-1-3-10(6-9)17-7-14-15-8-17/h1-3,6-8H,4-5,13H2,(H,16,18). The number of benzene rings is 1. The summed E-state index contributed by atoms with van der Waals surface area (Å²) in [5, 5.41) is 10.3. The Morgan fingerprint density at radius 3 is 2.72 bits per heavy atom. The lowest BCUT2D eigenvalue weighted by atomic mass is 10.2. The zero-order chi connectivity index (χ0) is 12.6. The third-order valence-corrected chi connectivity index (χ3v) is 3.06. The Labute approximate surface area is 104 Å². The van der Waals surface area contributed by atoms with Gasteiger partial charge in [-0.25, -0.2) is 0 Å². The second-order valence-corrected chi connectivity index (χ2v) is 4.53. The molecule has 18 heavy (non-hydrogen) atoms. The Morgan fingerprint density at radius 2 is 2.06 bits per heavy atom. The van der Waals surface area contributed by atoms with E-state index in [1.807, 2.05) is 24.3 Å². The lowest BCUT2D eigenvalue weighted by molar-refractivity contribution is -0.118. The smallest absolute Gasteiger partial charge is 0.244 e. The molecule has 1 fully saturated rings. The molecule has 3 N–H and O–H groups in total. The minimum absolute atomic E-state index is 0.122. The first-order valence-corrected chi connectivity index (χ1v) is 5.73. The summed E-state index contributed by atoms with van der Waals surface area (Å²) >= 11 is 0. The van der Waals surface area contributed by atoms with Crippen molar-refractivity contribution in [3.63, 3.8) is 0 Å². The lowest BCUT2D eigenvalue weighted by Gasteiger charge is -2.11. The predicted molar refractivity (Wildman–Crippen MR) is 66.1 cm³/mol. The zero-order valence-corrected chi connectivity index (χ0v) is 9.71. The fourth-order valence-corrected chi connectivity index (χ4v) is 1.70. The predicted octanol–water partition coefficient (Wildman–Crippen LogP) is 0.697. The zero-order valence-electron chi connectivity index (χ0n) is 9.71. The van der Waals surface area contributed by atoms with E-state index in [1.54, 1.807) is 17.2 Å². The molecule has 0 atom stereocenters. The fraction of sp³-hybridized carbons (Fsp3) is 0.250. The molecular formula is C12H13N5O. The molecule has 2 aromatic rings. The minimum atomic E-state index is -0.660. The molecule has 1 saturated carbocycles. The van der Waals surface area contributed by atoms with Crippen LogP contribution < -0.4 is 11.1 Å². The largest absolute Gasteiger partial charge is 0.324 e. The van der Waals surface area contributed by atoms with Crippen molar-refractivity contribution in [3.8, 4) is 5.69 Å². The van der Waals surface area contributed by atoms with Crippen LogP contribution in [0.5, 0.6) is 0 Å². The summed E-state index contributed by atoms with van der Waals surface area (Å²) < 4.78 is 1.77. The Balaban J connectivity index is 1.81. The maximum atomic E-state index is 11.8. The van der Waals surface area contributed by atoms with Crippen molar-refractivity contribution >= 4 is 11.6 Å². The first kappa shape index (κ1) is 10.9. The molecule has 1 amide bonds. The van der Waals surface area contributed by atoms with Crippen molar-refractivity contribution in [2.75, 3.05) is 5.32 Å². The Kier molecular flexibility index (Phi) is 2.38. The van der Waals surface area contributed by atoms with Crippen LogP contribution in [0.1, 0.15) is 12.8 Å². The van der Waals surface area contributed by atoms with Crippen LogP contribution in [0.15, 0.2) is 36.9 Å². The van der Waals surface area contributed by atoms with Crippen LogP contribution in [0.25, 0.3) is 5.69 Å². The van der Waals surface area contributed by atoms with Crippen molar-refractivity contribution < 1.29 is 4.79 Å². The van der Waals surface area contributed by atoms with Crippen LogP contribution in [0.2, 0.25) is 0 Å². The topological polar surface area (TPSA) is 85.8 Å². The number of hydrogen-bond donors (Lipinski definition) is 2. The average Bonchev–Trinajstić information content (AvgIpc) is 2.93. The van der Waals surface area contributed by atoms with Gasteiger partial charge in [0.1, 0.15) is 12.7 Å². The quantitative estimate of drug-likeness (QED) is 0.830. The molecule has 6 heteroatoms. The highest BCUT2D eigenvalue weighted by molar-refractivity contribution is 6.00. The number of aromatic nitrogens is 3. The fourth-order valence-electron chi connectivity index (χ4n) is 1.70. The second-order valence-electron chi connectivity index (χ2n) is 4.53. The van der Waals surface area contributed by atoms with Crippen LogP contribution in [-0.2, 0) is 4.79 Å². The van der Waals surface area contributed by atoms with Crippen molar-refractivity contribution in [1.29, 1.82) is 0 Å². The maximum Gasteiger partial charge on any atom is 0.244 e. The van der Waals surface area contributed by atoms with Gasteiger partial charge in [0.2, 0.25) is 5.91 Å². The summed E-state index contributed by atoms with van der Waals surface area (Å²) in [6, 6.07) is 7.46. The van der Waals surface area contributed by atoms with E-state index in [2.05, 4.69) is 15.5 Å². The van der Waals surface area contributed by atoms with Crippen LogP contribution in [0, 0.1) is 0 Å². The average molecular weight is 243 g/mol. The number of rotatable bonds is 3. The number of anilines is 1. The van der Waals surface area contributed by atoms with Crippen LogP contribution in [0.4, 0.5) is 5.69 Å². The monoisotopic (exact) mass is 243 g/mol. The minimum Gasteiger partial charge on any atom is -0.324 e. The first-order chi connectivity index (χ1) is 8.67. The molecule has 1 heterocycles. The van der Waals surface area contributed by atoms with Crippen molar-refractivity contribution in [1.82, 2.24) is 14.8 Å². The molecular weight excluding hydrogens is 230 g/mol. The van der Waals surface area contributed by atoms with E-state index < -0.39 is 5.54 Å². The Hall–Kier alpha value is -2.21. The summed E-state index contributed by atoms with van der Waals surface area (Å²) in [6.45, 7) is 0. The molecule has 3 rings (SSSR count). The molecule has 0 aliphatic heterocycles. The summed E-state index contributed by atoms with van der Waals surface area (Å²) in [5.41, 5.74) is 6.79. The summed E-state index contributed by atoms with van der Waals surface area (Å²) in [7, 11) is 0. The Bertz CT molecular complexity index is 574. The molecule has 1 aliphatic rings. The van der Waals surface area contributed by atoms with Crippen LogP contribution in [-0.4, -0.2) is 26.2 Å². The second kappa shape index (κ2) is 3.92. The van der Waals surface area contributed by atoms with Gasteiger partial charge in [-0.05, 0) is 31.0 Å². The van der Waals surface area contributed by atoms with Gasteiger partial charge in [0, 0.05) is 5.69 Å². The van der Waals surface area contributed by atoms with E-state index in [4.69, 9.17) is 5.73 Å². The highest BCUT2D eigenvalue weighted by Gasteiger charge is 2.45. The van der Waals surface area contributed by atoms with E-state index >= 15 is 0 Å². The van der Waals surface area contributed by atoms with Crippen molar-refractivity contribution in [3.05, 3.63) is 36.9 Å². The number of amides is 1. The normalized spacial score (nSPS) is 16.3. The summed E-state index contributed by atoms with van der Waals surface area (Å²) in [4.78, 5) is 11.8. The van der Waals surface area contributed by atoms with Gasteiger partial charge in [-0.15, -0.1) is 10.2 Å². The SMILES string of the molecule is NC1(C(=O)Nc2cccc(-n3cnnc3)c2)CC1. The van der Waals surface area contributed by atoms with Gasteiger partial charge in [0.25, 0.3) is 0 Å². The number of nitrogens with zero attached hydrogens (tertiary/aromatic N) is 3. The molecule has 92 valence electrons. The van der Waals surface area contributed by atoms with Gasteiger partial charge >= 0.3 is 0 Å². The van der Waals surface area contributed by atoms with Crippen LogP contribution >= 0.6 is 0 Å². The Morgan fingerprint density at radius 1 is 1.33 bits per heavy atom. The number of carbonyl (C=O) groups excluding carboxylic acids is 1. The van der Waals surface area contributed by atoms with E-state index in [0.717, 1.165) is 24.2 Å². The molecule has 1 aromatic carbocycles. The number of nitrogens with two attached hydrogens (primary N) is 1. The number of carbonyl (C=O) groups is 1. The van der Waals surface area contributed by atoms with Gasteiger partial charge in [-0.1, -0.05) is 6.07 Å². The maximum absolute atomic E-state index is 11.8. The van der Waals surface area contributed by atoms with E-state index in [0.29, 0.717) is 0 Å². The highest BCUT2D eigenvalue weighted by atomic mass is 16.2. The first-order valence-electron chi connectivity index (χ1n) is 5.73. The van der Waals surface area contributed by atoms with Crippen LogP contribution in [0.3, 0.4) is 0 Å². The van der Waals surface area contributed by atoms with Gasteiger partial charge in [0.15, 0.2) is 0 Å². The number of hydrogen-bond acceptors (Lipinski definition) is 4. The molecule has 0 saturated heterocycles. The molecule has 6 nitrogen and oxygen atoms in total. The van der Waals surface area contributed by atoms with E-state index in [9.17, 15) is 4.79 Å². The van der Waals surface area contributed by atoms with E-state index in [-0.39, 0.29) is 5.91 Å². The molecule has 1 aromatic heterocycles. The van der Waals surface area contributed by atoms with Gasteiger partial charge in [-0.2, -0.15) is 0 Å². The molecule has 0 radical (unpaired) electrons. The summed E-state index contributed by atoms with van der Waals surface area (Å²) in [5.74, 6) is -0.122. The molecule has 0 unspecified atom stereocenters. The summed E-state index contributed by atoms with van der Waals surface area (Å²) in [6.07, 6.45) is 4.71. The lowest BCUT2D eigenvalue weighted by Crippen LogP contribution is -2.37.